The van der Waals surface area contributed by atoms with Crippen LogP contribution in [0.15, 0.2) is 0 Å². The first-order valence-electron chi connectivity index (χ1n) is 9.11. The molecule has 1 saturated heterocycles. The summed E-state index contributed by atoms with van der Waals surface area (Å²) in [7, 11) is 0. The van der Waals surface area contributed by atoms with Gasteiger partial charge in [0.1, 0.15) is 5.60 Å². The summed E-state index contributed by atoms with van der Waals surface area (Å²) in [4.78, 5) is 13.9. The van der Waals surface area contributed by atoms with E-state index in [1.54, 1.807) is 4.90 Å². The molecule has 0 aromatic carbocycles. The van der Waals surface area contributed by atoms with Crippen LogP contribution in [-0.4, -0.2) is 53.6 Å². The molecule has 1 aliphatic carbocycles. The minimum absolute atomic E-state index is 0.0147. The summed E-state index contributed by atoms with van der Waals surface area (Å²) >= 11 is 0. The van der Waals surface area contributed by atoms with E-state index < -0.39 is 5.60 Å². The van der Waals surface area contributed by atoms with Crippen LogP contribution >= 0.6 is 0 Å². The summed E-state index contributed by atoms with van der Waals surface area (Å²) in [5.41, 5.74) is -0.502. The lowest BCUT2D eigenvalue weighted by molar-refractivity contribution is -0.0315. The second kappa shape index (κ2) is 8.34. The number of hydrogen-bond donors (Lipinski definition) is 1. The zero-order valence-electron chi connectivity index (χ0n) is 14.9. The van der Waals surface area contributed by atoms with Crippen LogP contribution in [0.25, 0.3) is 0 Å². The van der Waals surface area contributed by atoms with E-state index in [-0.39, 0.29) is 18.7 Å². The molecule has 1 heterocycles. The molecule has 23 heavy (non-hydrogen) atoms. The molecule has 2 unspecified atom stereocenters. The van der Waals surface area contributed by atoms with Crippen molar-refractivity contribution in [3.05, 3.63) is 0 Å². The number of likely N-dealkylation sites (tertiary alicyclic amines) is 1. The highest BCUT2D eigenvalue weighted by atomic mass is 16.6. The number of carbonyl (C=O) groups excluding carboxylic acids is 1. The van der Waals surface area contributed by atoms with Crippen molar-refractivity contribution in [2.24, 2.45) is 5.92 Å². The Kier molecular flexibility index (Phi) is 6.72. The fourth-order valence-corrected chi connectivity index (χ4v) is 3.52. The first-order chi connectivity index (χ1) is 10.9. The monoisotopic (exact) mass is 327 g/mol. The van der Waals surface area contributed by atoms with Crippen LogP contribution in [0, 0.1) is 5.92 Å². The first kappa shape index (κ1) is 18.5. The van der Waals surface area contributed by atoms with Crippen molar-refractivity contribution in [2.75, 3.05) is 19.8 Å². The van der Waals surface area contributed by atoms with Crippen molar-refractivity contribution in [1.82, 2.24) is 4.90 Å². The van der Waals surface area contributed by atoms with Gasteiger partial charge < -0.3 is 19.5 Å². The van der Waals surface area contributed by atoms with Crippen molar-refractivity contribution in [3.63, 3.8) is 0 Å². The molecule has 1 saturated carbocycles. The summed E-state index contributed by atoms with van der Waals surface area (Å²) in [5, 5.41) is 9.65. The number of rotatable bonds is 4. The van der Waals surface area contributed by atoms with Crippen LogP contribution < -0.4 is 0 Å². The van der Waals surface area contributed by atoms with Crippen LogP contribution in [0.2, 0.25) is 0 Å². The highest BCUT2D eigenvalue weighted by molar-refractivity contribution is 5.68. The predicted octanol–water partition coefficient (Wildman–Crippen LogP) is 3.34. The number of ether oxygens (including phenoxy) is 2. The van der Waals surface area contributed by atoms with Gasteiger partial charge in [0.15, 0.2) is 0 Å². The van der Waals surface area contributed by atoms with E-state index in [9.17, 15) is 9.90 Å². The molecule has 0 radical (unpaired) electrons. The minimum atomic E-state index is -0.502. The Bertz CT molecular complexity index is 374. The van der Waals surface area contributed by atoms with Gasteiger partial charge in [-0.2, -0.15) is 0 Å². The fraction of sp³-hybridized carbons (Fsp3) is 0.944. The van der Waals surface area contributed by atoms with E-state index in [2.05, 4.69) is 0 Å². The molecular weight excluding hydrogens is 294 g/mol. The van der Waals surface area contributed by atoms with E-state index in [0.29, 0.717) is 18.6 Å². The molecule has 2 atom stereocenters. The normalized spacial score (nSPS) is 27.0. The molecule has 2 aliphatic rings. The molecule has 2 fully saturated rings. The Labute approximate surface area is 140 Å². The molecule has 0 spiro atoms. The molecule has 1 amide bonds. The van der Waals surface area contributed by atoms with Gasteiger partial charge in [-0.3, -0.25) is 0 Å². The lowest BCUT2D eigenvalue weighted by atomic mass is 9.91. The van der Waals surface area contributed by atoms with E-state index in [1.165, 1.54) is 32.1 Å². The van der Waals surface area contributed by atoms with Crippen molar-refractivity contribution < 1.29 is 19.4 Å². The Hall–Kier alpha value is -0.810. The Balaban J connectivity index is 1.79. The maximum absolute atomic E-state index is 12.3. The third-order valence-electron chi connectivity index (χ3n) is 4.78. The van der Waals surface area contributed by atoms with E-state index in [4.69, 9.17) is 9.47 Å². The average molecular weight is 327 g/mol. The van der Waals surface area contributed by atoms with Gasteiger partial charge in [-0.15, -0.1) is 0 Å². The van der Waals surface area contributed by atoms with Crippen molar-refractivity contribution in [3.8, 4) is 0 Å². The zero-order chi connectivity index (χ0) is 16.9. The van der Waals surface area contributed by atoms with Crippen molar-refractivity contribution >= 4 is 6.09 Å². The van der Waals surface area contributed by atoms with Gasteiger partial charge in [0.05, 0.1) is 18.8 Å². The van der Waals surface area contributed by atoms with Gasteiger partial charge in [-0.1, -0.05) is 19.3 Å². The number of aliphatic hydroxyl groups excluding tert-OH is 1. The standard InChI is InChI=1S/C18H33NO4/c1-18(2,3)23-17(21)19-10-9-14(11-15(19)12-20)13-22-16-7-5-4-6-8-16/h14-16,20H,4-13H2,1-3H3. The molecule has 134 valence electrons. The number of amides is 1. The Morgan fingerprint density at radius 1 is 1.17 bits per heavy atom. The van der Waals surface area contributed by atoms with Crippen LogP contribution in [0.3, 0.4) is 0 Å². The Morgan fingerprint density at radius 3 is 2.48 bits per heavy atom. The molecule has 0 aromatic rings. The van der Waals surface area contributed by atoms with Gasteiger partial charge in [0.2, 0.25) is 0 Å². The maximum atomic E-state index is 12.3. The SMILES string of the molecule is CC(C)(C)OC(=O)N1CCC(COC2CCCCC2)CC1CO. The highest BCUT2D eigenvalue weighted by Gasteiger charge is 2.34. The minimum Gasteiger partial charge on any atom is -0.444 e. The summed E-state index contributed by atoms with van der Waals surface area (Å²) in [6, 6.07) is -0.154. The summed E-state index contributed by atoms with van der Waals surface area (Å²) in [6.07, 6.45) is 8.07. The zero-order valence-corrected chi connectivity index (χ0v) is 14.9. The molecular formula is C18H33NO4. The van der Waals surface area contributed by atoms with Crippen molar-refractivity contribution in [2.45, 2.75) is 83.5 Å². The third kappa shape index (κ3) is 5.96. The van der Waals surface area contributed by atoms with Gasteiger partial charge in [0, 0.05) is 13.2 Å². The van der Waals surface area contributed by atoms with Gasteiger partial charge in [-0.25, -0.2) is 4.79 Å². The maximum Gasteiger partial charge on any atom is 0.410 e. The molecule has 0 bridgehead atoms. The Morgan fingerprint density at radius 2 is 1.87 bits per heavy atom. The van der Waals surface area contributed by atoms with Crippen LogP contribution in [0.5, 0.6) is 0 Å². The predicted molar refractivity (Wildman–Crippen MR) is 89.4 cm³/mol. The smallest absolute Gasteiger partial charge is 0.410 e. The molecule has 2 rings (SSSR count). The first-order valence-corrected chi connectivity index (χ1v) is 9.11. The van der Waals surface area contributed by atoms with E-state index >= 15 is 0 Å². The van der Waals surface area contributed by atoms with Gasteiger partial charge in [-0.05, 0) is 52.4 Å². The van der Waals surface area contributed by atoms with Gasteiger partial charge >= 0.3 is 6.09 Å². The average Bonchev–Trinajstić information content (AvgIpc) is 2.52. The number of aliphatic hydroxyl groups is 1. The number of nitrogens with zero attached hydrogens (tertiary/aromatic N) is 1. The quantitative estimate of drug-likeness (QED) is 0.860. The topological polar surface area (TPSA) is 59.0 Å². The lowest BCUT2D eigenvalue weighted by Crippen LogP contribution is -2.50. The van der Waals surface area contributed by atoms with Crippen molar-refractivity contribution in [1.29, 1.82) is 0 Å². The fourth-order valence-electron chi connectivity index (χ4n) is 3.52. The van der Waals surface area contributed by atoms with Crippen LogP contribution in [0.4, 0.5) is 4.79 Å². The number of carbonyl (C=O) groups is 1. The van der Waals surface area contributed by atoms with Crippen LogP contribution in [0.1, 0.15) is 65.7 Å². The second-order valence-corrected chi connectivity index (χ2v) is 7.99. The number of piperidine rings is 1. The summed E-state index contributed by atoms with van der Waals surface area (Å²) in [5.74, 6) is 0.424. The lowest BCUT2D eigenvalue weighted by Gasteiger charge is -2.39. The highest BCUT2D eigenvalue weighted by Crippen LogP contribution is 2.27. The third-order valence-corrected chi connectivity index (χ3v) is 4.78. The summed E-state index contributed by atoms with van der Waals surface area (Å²) in [6.45, 7) is 6.97. The molecule has 5 nitrogen and oxygen atoms in total. The largest absolute Gasteiger partial charge is 0.444 e. The number of hydrogen-bond acceptors (Lipinski definition) is 4. The molecule has 0 aromatic heterocycles. The molecule has 5 heteroatoms. The van der Waals surface area contributed by atoms with E-state index in [1.807, 2.05) is 20.8 Å². The molecule has 1 N–H and O–H groups in total. The summed E-state index contributed by atoms with van der Waals surface area (Å²) < 4.78 is 11.5. The molecule has 1 aliphatic heterocycles. The van der Waals surface area contributed by atoms with Gasteiger partial charge in [0.25, 0.3) is 0 Å². The second-order valence-electron chi connectivity index (χ2n) is 7.99. The van der Waals surface area contributed by atoms with E-state index in [0.717, 1.165) is 19.4 Å². The van der Waals surface area contributed by atoms with Crippen LogP contribution in [-0.2, 0) is 9.47 Å².